The standard InChI is InChI=1S/C9H18S/c1-3-8-5-9(4-2)7-10-6-8/h8-9H,3-7H2,1-2H3. The molecular weight excluding hydrogens is 140 g/mol. The molecule has 1 aliphatic heterocycles. The van der Waals surface area contributed by atoms with Gasteiger partial charge in [0.2, 0.25) is 0 Å². The fourth-order valence-corrected chi connectivity index (χ4v) is 3.12. The third-order valence-electron chi connectivity index (χ3n) is 2.53. The monoisotopic (exact) mass is 158 g/mol. The Morgan fingerprint density at radius 3 is 2.00 bits per heavy atom. The lowest BCUT2D eigenvalue weighted by Crippen LogP contribution is -2.18. The van der Waals surface area contributed by atoms with Crippen molar-refractivity contribution in [2.24, 2.45) is 11.8 Å². The van der Waals surface area contributed by atoms with Crippen LogP contribution < -0.4 is 0 Å². The predicted molar refractivity (Wildman–Crippen MR) is 49.5 cm³/mol. The summed E-state index contributed by atoms with van der Waals surface area (Å²) in [6.45, 7) is 4.65. The zero-order valence-electron chi connectivity index (χ0n) is 7.10. The molecule has 0 aromatic rings. The Morgan fingerprint density at radius 1 is 1.10 bits per heavy atom. The molecule has 1 rings (SSSR count). The van der Waals surface area contributed by atoms with Crippen molar-refractivity contribution >= 4 is 11.8 Å². The van der Waals surface area contributed by atoms with Gasteiger partial charge in [-0.25, -0.2) is 0 Å². The average Bonchev–Trinajstić information content (AvgIpc) is 2.05. The normalized spacial score (nSPS) is 34.2. The fourth-order valence-electron chi connectivity index (χ4n) is 1.58. The first-order valence-corrected chi connectivity index (χ1v) is 5.60. The van der Waals surface area contributed by atoms with Crippen LogP contribution in [0.5, 0.6) is 0 Å². The van der Waals surface area contributed by atoms with Gasteiger partial charge < -0.3 is 0 Å². The molecule has 1 heterocycles. The molecule has 60 valence electrons. The van der Waals surface area contributed by atoms with E-state index in [9.17, 15) is 0 Å². The number of thioether (sulfide) groups is 1. The van der Waals surface area contributed by atoms with Gasteiger partial charge in [-0.2, -0.15) is 11.8 Å². The number of rotatable bonds is 2. The van der Waals surface area contributed by atoms with E-state index in [1.807, 2.05) is 0 Å². The van der Waals surface area contributed by atoms with Gasteiger partial charge in [0, 0.05) is 0 Å². The Hall–Kier alpha value is 0.350. The molecule has 10 heavy (non-hydrogen) atoms. The fraction of sp³-hybridized carbons (Fsp3) is 1.00. The smallest absolute Gasteiger partial charge is 0.00390 e. The van der Waals surface area contributed by atoms with Gasteiger partial charge in [-0.1, -0.05) is 26.7 Å². The second kappa shape index (κ2) is 4.27. The first-order valence-electron chi connectivity index (χ1n) is 4.44. The molecule has 0 aromatic heterocycles. The topological polar surface area (TPSA) is 0 Å². The second-order valence-electron chi connectivity index (χ2n) is 3.32. The zero-order chi connectivity index (χ0) is 7.40. The highest BCUT2D eigenvalue weighted by molar-refractivity contribution is 7.99. The molecule has 2 unspecified atom stereocenters. The quantitative estimate of drug-likeness (QED) is 0.595. The zero-order valence-corrected chi connectivity index (χ0v) is 7.91. The molecule has 0 aliphatic carbocycles. The van der Waals surface area contributed by atoms with E-state index in [4.69, 9.17) is 0 Å². The Balaban J connectivity index is 2.25. The average molecular weight is 158 g/mol. The van der Waals surface area contributed by atoms with Crippen LogP contribution in [0.3, 0.4) is 0 Å². The Kier molecular flexibility index (Phi) is 3.61. The summed E-state index contributed by atoms with van der Waals surface area (Å²) in [6.07, 6.45) is 4.28. The first-order chi connectivity index (χ1) is 4.86. The van der Waals surface area contributed by atoms with Gasteiger partial charge in [-0.3, -0.25) is 0 Å². The molecule has 0 aromatic carbocycles. The van der Waals surface area contributed by atoms with Gasteiger partial charge in [0.25, 0.3) is 0 Å². The lowest BCUT2D eigenvalue weighted by Gasteiger charge is -2.26. The van der Waals surface area contributed by atoms with Gasteiger partial charge in [0.05, 0.1) is 0 Å². The minimum absolute atomic E-state index is 1.03. The molecule has 0 saturated carbocycles. The van der Waals surface area contributed by atoms with Gasteiger partial charge in [-0.05, 0) is 29.8 Å². The van der Waals surface area contributed by atoms with E-state index in [1.165, 1.54) is 30.8 Å². The highest BCUT2D eigenvalue weighted by atomic mass is 32.2. The van der Waals surface area contributed by atoms with E-state index in [1.54, 1.807) is 0 Å². The van der Waals surface area contributed by atoms with Gasteiger partial charge in [0.15, 0.2) is 0 Å². The molecule has 0 spiro atoms. The molecule has 0 N–H and O–H groups in total. The van der Waals surface area contributed by atoms with Crippen LogP contribution in [0.15, 0.2) is 0 Å². The van der Waals surface area contributed by atoms with Crippen molar-refractivity contribution in [3.05, 3.63) is 0 Å². The van der Waals surface area contributed by atoms with Crippen LogP contribution in [0, 0.1) is 11.8 Å². The summed E-state index contributed by atoms with van der Waals surface area (Å²) >= 11 is 2.16. The Bertz CT molecular complexity index is 80.7. The van der Waals surface area contributed by atoms with E-state index in [0.29, 0.717) is 0 Å². The third-order valence-corrected chi connectivity index (χ3v) is 3.94. The minimum Gasteiger partial charge on any atom is -0.161 e. The van der Waals surface area contributed by atoms with Crippen molar-refractivity contribution in [3.8, 4) is 0 Å². The van der Waals surface area contributed by atoms with Crippen molar-refractivity contribution < 1.29 is 0 Å². The van der Waals surface area contributed by atoms with Gasteiger partial charge in [0.1, 0.15) is 0 Å². The van der Waals surface area contributed by atoms with Crippen LogP contribution >= 0.6 is 11.8 Å². The largest absolute Gasteiger partial charge is 0.161 e. The number of hydrogen-bond donors (Lipinski definition) is 0. The molecule has 0 radical (unpaired) electrons. The summed E-state index contributed by atoms with van der Waals surface area (Å²) in [5.41, 5.74) is 0. The maximum absolute atomic E-state index is 2.32. The summed E-state index contributed by atoms with van der Waals surface area (Å²) in [7, 11) is 0. The molecule has 0 bridgehead atoms. The molecule has 1 fully saturated rings. The highest BCUT2D eigenvalue weighted by Crippen LogP contribution is 2.30. The predicted octanol–water partition coefficient (Wildman–Crippen LogP) is 3.18. The van der Waals surface area contributed by atoms with Crippen LogP contribution in [-0.4, -0.2) is 11.5 Å². The van der Waals surface area contributed by atoms with E-state index < -0.39 is 0 Å². The first kappa shape index (κ1) is 8.45. The van der Waals surface area contributed by atoms with Crippen LogP contribution in [0.1, 0.15) is 33.1 Å². The number of hydrogen-bond acceptors (Lipinski definition) is 1. The maximum atomic E-state index is 2.32. The maximum Gasteiger partial charge on any atom is -0.00390 e. The summed E-state index contributed by atoms with van der Waals surface area (Å²) < 4.78 is 0. The minimum atomic E-state index is 1.03. The Labute approximate surface area is 68.8 Å². The van der Waals surface area contributed by atoms with Gasteiger partial charge >= 0.3 is 0 Å². The summed E-state index contributed by atoms with van der Waals surface area (Å²) in [5, 5.41) is 0. The van der Waals surface area contributed by atoms with Gasteiger partial charge in [-0.15, -0.1) is 0 Å². The second-order valence-corrected chi connectivity index (χ2v) is 4.40. The summed E-state index contributed by atoms with van der Waals surface area (Å²) in [5.74, 6) is 4.91. The third kappa shape index (κ3) is 2.19. The van der Waals surface area contributed by atoms with E-state index in [2.05, 4.69) is 25.6 Å². The van der Waals surface area contributed by atoms with E-state index in [0.717, 1.165) is 11.8 Å². The van der Waals surface area contributed by atoms with E-state index in [-0.39, 0.29) is 0 Å². The van der Waals surface area contributed by atoms with Crippen LogP contribution in [0.2, 0.25) is 0 Å². The summed E-state index contributed by atoms with van der Waals surface area (Å²) in [6, 6.07) is 0. The van der Waals surface area contributed by atoms with Crippen LogP contribution in [0.4, 0.5) is 0 Å². The molecule has 0 amide bonds. The molecule has 1 saturated heterocycles. The van der Waals surface area contributed by atoms with Crippen molar-refractivity contribution in [2.45, 2.75) is 33.1 Å². The highest BCUT2D eigenvalue weighted by Gasteiger charge is 2.18. The molecule has 1 heteroatoms. The van der Waals surface area contributed by atoms with Crippen molar-refractivity contribution in [3.63, 3.8) is 0 Å². The molecule has 0 nitrogen and oxygen atoms in total. The van der Waals surface area contributed by atoms with E-state index >= 15 is 0 Å². The summed E-state index contributed by atoms with van der Waals surface area (Å²) in [4.78, 5) is 0. The lowest BCUT2D eigenvalue weighted by atomic mass is 9.93. The van der Waals surface area contributed by atoms with Crippen LogP contribution in [0.25, 0.3) is 0 Å². The Morgan fingerprint density at radius 2 is 1.60 bits per heavy atom. The molecule has 2 atom stereocenters. The van der Waals surface area contributed by atoms with Crippen molar-refractivity contribution in [2.75, 3.05) is 11.5 Å². The lowest BCUT2D eigenvalue weighted by molar-refractivity contribution is 0.394. The molecular formula is C9H18S. The van der Waals surface area contributed by atoms with Crippen molar-refractivity contribution in [1.29, 1.82) is 0 Å². The SMILES string of the molecule is CCC1CSCC(CC)C1. The molecule has 1 aliphatic rings. The van der Waals surface area contributed by atoms with Crippen LogP contribution in [-0.2, 0) is 0 Å². The van der Waals surface area contributed by atoms with Crippen molar-refractivity contribution in [1.82, 2.24) is 0 Å².